The maximum atomic E-state index is 10.6. The predicted molar refractivity (Wildman–Crippen MR) is 70.6 cm³/mol. The lowest BCUT2D eigenvalue weighted by Crippen LogP contribution is -2.36. The standard InChI is InChI=1S/C12H16ClN3O2/c1-8-12(14)4-5-15(8)7-9-2-3-10(16(17)18)6-11(9)13/h2-3,6,8,12H,4-5,7,14H2,1H3. The Balaban J connectivity index is 2.13. The highest BCUT2D eigenvalue weighted by Gasteiger charge is 2.28. The van der Waals surface area contributed by atoms with Crippen molar-refractivity contribution >= 4 is 17.3 Å². The number of hydrogen-bond acceptors (Lipinski definition) is 4. The Bertz CT molecular complexity index is 467. The van der Waals surface area contributed by atoms with Crippen LogP contribution in [0.3, 0.4) is 0 Å². The Morgan fingerprint density at radius 1 is 1.61 bits per heavy atom. The van der Waals surface area contributed by atoms with E-state index in [1.54, 1.807) is 6.07 Å². The first-order chi connectivity index (χ1) is 8.49. The van der Waals surface area contributed by atoms with Crippen molar-refractivity contribution in [3.8, 4) is 0 Å². The molecule has 1 aliphatic heterocycles. The monoisotopic (exact) mass is 269 g/mol. The van der Waals surface area contributed by atoms with Crippen LogP contribution in [0.4, 0.5) is 5.69 Å². The number of nitro benzene ring substituents is 1. The summed E-state index contributed by atoms with van der Waals surface area (Å²) in [7, 11) is 0. The Labute approximate surface area is 111 Å². The number of likely N-dealkylation sites (tertiary alicyclic amines) is 1. The van der Waals surface area contributed by atoms with E-state index in [0.29, 0.717) is 17.6 Å². The lowest BCUT2D eigenvalue weighted by molar-refractivity contribution is -0.384. The first-order valence-electron chi connectivity index (χ1n) is 5.91. The van der Waals surface area contributed by atoms with Crippen LogP contribution in [-0.4, -0.2) is 28.5 Å². The van der Waals surface area contributed by atoms with Gasteiger partial charge in [0.15, 0.2) is 0 Å². The van der Waals surface area contributed by atoms with Crippen molar-refractivity contribution in [1.82, 2.24) is 4.90 Å². The van der Waals surface area contributed by atoms with Gasteiger partial charge < -0.3 is 5.73 Å². The third-order valence-electron chi connectivity index (χ3n) is 3.57. The molecule has 2 unspecified atom stereocenters. The minimum absolute atomic E-state index is 0.0231. The van der Waals surface area contributed by atoms with Gasteiger partial charge in [0, 0.05) is 37.3 Å². The number of halogens is 1. The molecule has 5 nitrogen and oxygen atoms in total. The third-order valence-corrected chi connectivity index (χ3v) is 3.92. The van der Waals surface area contributed by atoms with Crippen LogP contribution >= 0.6 is 11.6 Å². The zero-order valence-electron chi connectivity index (χ0n) is 10.2. The van der Waals surface area contributed by atoms with Crippen molar-refractivity contribution in [1.29, 1.82) is 0 Å². The summed E-state index contributed by atoms with van der Waals surface area (Å²) in [6.07, 6.45) is 0.978. The summed E-state index contributed by atoms with van der Waals surface area (Å²) in [5, 5.41) is 11.1. The highest BCUT2D eigenvalue weighted by atomic mass is 35.5. The molecular weight excluding hydrogens is 254 g/mol. The summed E-state index contributed by atoms with van der Waals surface area (Å²) in [5.41, 5.74) is 6.89. The number of benzene rings is 1. The molecule has 2 atom stereocenters. The van der Waals surface area contributed by atoms with E-state index in [4.69, 9.17) is 17.3 Å². The zero-order valence-corrected chi connectivity index (χ0v) is 10.9. The van der Waals surface area contributed by atoms with Gasteiger partial charge in [0.05, 0.1) is 9.95 Å². The van der Waals surface area contributed by atoms with E-state index < -0.39 is 4.92 Å². The molecule has 1 saturated heterocycles. The molecule has 0 aliphatic carbocycles. The number of hydrogen-bond donors (Lipinski definition) is 1. The van der Waals surface area contributed by atoms with Crippen LogP contribution in [0.2, 0.25) is 5.02 Å². The Hall–Kier alpha value is -1.17. The van der Waals surface area contributed by atoms with Crippen molar-refractivity contribution in [2.45, 2.75) is 32.0 Å². The fourth-order valence-electron chi connectivity index (χ4n) is 2.25. The number of non-ortho nitro benzene ring substituents is 1. The maximum Gasteiger partial charge on any atom is 0.270 e. The van der Waals surface area contributed by atoms with Gasteiger partial charge in [0.25, 0.3) is 5.69 Å². The van der Waals surface area contributed by atoms with Crippen LogP contribution in [0.5, 0.6) is 0 Å². The van der Waals surface area contributed by atoms with E-state index in [0.717, 1.165) is 18.5 Å². The van der Waals surface area contributed by atoms with Gasteiger partial charge in [-0.05, 0) is 25.0 Å². The predicted octanol–water partition coefficient (Wildman–Crippen LogP) is 2.17. The average Bonchev–Trinajstić information content (AvgIpc) is 2.63. The quantitative estimate of drug-likeness (QED) is 0.674. The van der Waals surface area contributed by atoms with Crippen molar-refractivity contribution in [2.24, 2.45) is 5.73 Å². The van der Waals surface area contributed by atoms with Gasteiger partial charge in [0.2, 0.25) is 0 Å². The lowest BCUT2D eigenvalue weighted by atomic mass is 10.1. The molecule has 0 amide bonds. The second-order valence-corrected chi connectivity index (χ2v) is 5.10. The van der Waals surface area contributed by atoms with E-state index in [1.807, 2.05) is 0 Å². The first-order valence-corrected chi connectivity index (χ1v) is 6.29. The molecule has 1 aromatic carbocycles. The Kier molecular flexibility index (Phi) is 3.85. The third kappa shape index (κ3) is 2.63. The Morgan fingerprint density at radius 3 is 2.83 bits per heavy atom. The molecule has 1 fully saturated rings. The lowest BCUT2D eigenvalue weighted by Gasteiger charge is -2.23. The van der Waals surface area contributed by atoms with E-state index in [1.165, 1.54) is 12.1 Å². The average molecular weight is 270 g/mol. The summed E-state index contributed by atoms with van der Waals surface area (Å²) in [4.78, 5) is 12.4. The van der Waals surface area contributed by atoms with E-state index in [9.17, 15) is 10.1 Å². The molecule has 6 heteroatoms. The summed E-state index contributed by atoms with van der Waals surface area (Å²) in [5.74, 6) is 0. The van der Waals surface area contributed by atoms with E-state index in [-0.39, 0.29) is 11.7 Å². The minimum Gasteiger partial charge on any atom is -0.326 e. The second-order valence-electron chi connectivity index (χ2n) is 4.70. The van der Waals surface area contributed by atoms with Gasteiger partial charge in [-0.2, -0.15) is 0 Å². The van der Waals surface area contributed by atoms with Gasteiger partial charge in [-0.3, -0.25) is 15.0 Å². The number of rotatable bonds is 3. The van der Waals surface area contributed by atoms with E-state index in [2.05, 4.69) is 11.8 Å². The van der Waals surface area contributed by atoms with Crippen molar-refractivity contribution in [2.75, 3.05) is 6.54 Å². The summed E-state index contributed by atoms with van der Waals surface area (Å²) in [6.45, 7) is 3.72. The van der Waals surface area contributed by atoms with Crippen LogP contribution in [0, 0.1) is 10.1 Å². The molecule has 98 valence electrons. The first kappa shape index (κ1) is 13.3. The zero-order chi connectivity index (χ0) is 13.3. The molecule has 0 radical (unpaired) electrons. The molecular formula is C12H16ClN3O2. The fourth-order valence-corrected chi connectivity index (χ4v) is 2.48. The molecule has 2 N–H and O–H groups in total. The minimum atomic E-state index is -0.440. The van der Waals surface area contributed by atoms with Crippen molar-refractivity contribution < 1.29 is 4.92 Å². The summed E-state index contributed by atoms with van der Waals surface area (Å²) in [6, 6.07) is 5.12. The van der Waals surface area contributed by atoms with Crippen LogP contribution < -0.4 is 5.73 Å². The summed E-state index contributed by atoms with van der Waals surface area (Å²) >= 11 is 6.07. The smallest absolute Gasteiger partial charge is 0.270 e. The largest absolute Gasteiger partial charge is 0.326 e. The van der Waals surface area contributed by atoms with Crippen LogP contribution in [-0.2, 0) is 6.54 Å². The molecule has 0 aromatic heterocycles. The molecule has 1 heterocycles. The van der Waals surface area contributed by atoms with Crippen LogP contribution in [0.15, 0.2) is 18.2 Å². The molecule has 0 bridgehead atoms. The van der Waals surface area contributed by atoms with Gasteiger partial charge in [0.1, 0.15) is 0 Å². The molecule has 0 spiro atoms. The van der Waals surface area contributed by atoms with E-state index >= 15 is 0 Å². The molecule has 1 aromatic rings. The maximum absolute atomic E-state index is 10.6. The van der Waals surface area contributed by atoms with Gasteiger partial charge in [-0.1, -0.05) is 11.6 Å². The van der Waals surface area contributed by atoms with Gasteiger partial charge in [-0.15, -0.1) is 0 Å². The van der Waals surface area contributed by atoms with Crippen molar-refractivity contribution in [3.05, 3.63) is 38.9 Å². The Morgan fingerprint density at radius 2 is 2.33 bits per heavy atom. The number of nitro groups is 1. The number of nitrogens with two attached hydrogens (primary N) is 1. The topological polar surface area (TPSA) is 72.4 Å². The highest BCUT2D eigenvalue weighted by Crippen LogP contribution is 2.26. The molecule has 2 rings (SSSR count). The van der Waals surface area contributed by atoms with Crippen LogP contribution in [0.25, 0.3) is 0 Å². The molecule has 18 heavy (non-hydrogen) atoms. The summed E-state index contributed by atoms with van der Waals surface area (Å²) < 4.78 is 0. The second kappa shape index (κ2) is 5.22. The molecule has 0 saturated carbocycles. The molecule has 1 aliphatic rings. The number of nitrogens with zero attached hydrogens (tertiary/aromatic N) is 2. The van der Waals surface area contributed by atoms with Gasteiger partial charge in [-0.25, -0.2) is 0 Å². The fraction of sp³-hybridized carbons (Fsp3) is 0.500. The van der Waals surface area contributed by atoms with Gasteiger partial charge >= 0.3 is 0 Å². The highest BCUT2D eigenvalue weighted by molar-refractivity contribution is 6.31. The normalized spacial score (nSPS) is 24.4. The van der Waals surface area contributed by atoms with Crippen molar-refractivity contribution in [3.63, 3.8) is 0 Å². The van der Waals surface area contributed by atoms with Crippen LogP contribution in [0.1, 0.15) is 18.9 Å². The SMILES string of the molecule is CC1C(N)CCN1Cc1ccc([N+](=O)[O-])cc1Cl.